The molecule has 0 spiro atoms. The van der Waals surface area contributed by atoms with Crippen LogP contribution < -0.4 is 5.73 Å². The normalized spacial score (nSPS) is 11.1. The molecule has 0 unspecified atom stereocenters. The number of nitrogens with two attached hydrogens (primary N) is 1. The third-order valence-electron chi connectivity index (χ3n) is 4.44. The van der Waals surface area contributed by atoms with Gasteiger partial charge in [0.25, 0.3) is 0 Å². The van der Waals surface area contributed by atoms with Crippen molar-refractivity contribution in [1.82, 2.24) is 0 Å². The first-order chi connectivity index (χ1) is 10.8. The second kappa shape index (κ2) is 4.88. The molecule has 0 heterocycles. The molecular formula is C21H17N. The summed E-state index contributed by atoms with van der Waals surface area (Å²) < 4.78 is 0. The van der Waals surface area contributed by atoms with Gasteiger partial charge in [0.1, 0.15) is 0 Å². The Labute approximate surface area is 130 Å². The van der Waals surface area contributed by atoms with Crippen LogP contribution in [0.3, 0.4) is 0 Å². The van der Waals surface area contributed by atoms with E-state index in [4.69, 9.17) is 5.73 Å². The molecule has 4 aromatic rings. The predicted octanol–water partition coefficient (Wildman–Crippen LogP) is 5.55. The monoisotopic (exact) mass is 283 g/mol. The number of rotatable bonds is 1. The summed E-state index contributed by atoms with van der Waals surface area (Å²) in [5.41, 5.74) is 11.1. The summed E-state index contributed by atoms with van der Waals surface area (Å²) in [7, 11) is 0. The Balaban J connectivity index is 2.08. The molecule has 0 fully saturated rings. The van der Waals surface area contributed by atoms with E-state index < -0.39 is 0 Å². The van der Waals surface area contributed by atoms with Crippen LogP contribution in [-0.4, -0.2) is 0 Å². The molecule has 0 saturated carbocycles. The van der Waals surface area contributed by atoms with Gasteiger partial charge in [-0.05, 0) is 40.5 Å². The number of fused-ring (bicyclic) bond motifs is 2. The number of aryl methyl sites for hydroxylation is 1. The molecule has 2 N–H and O–H groups in total. The van der Waals surface area contributed by atoms with Crippen LogP contribution in [0.2, 0.25) is 0 Å². The summed E-state index contributed by atoms with van der Waals surface area (Å²) in [4.78, 5) is 0. The Bertz CT molecular complexity index is 985. The zero-order chi connectivity index (χ0) is 15.1. The van der Waals surface area contributed by atoms with E-state index in [2.05, 4.69) is 67.6 Å². The van der Waals surface area contributed by atoms with Gasteiger partial charge in [0.15, 0.2) is 0 Å². The third-order valence-corrected chi connectivity index (χ3v) is 4.44. The molecule has 0 saturated heterocycles. The first-order valence-electron chi connectivity index (χ1n) is 7.51. The molecule has 0 aromatic heterocycles. The molecule has 4 rings (SSSR count). The van der Waals surface area contributed by atoms with Crippen molar-refractivity contribution in [1.29, 1.82) is 0 Å². The zero-order valence-electron chi connectivity index (χ0n) is 12.5. The number of hydrogen-bond acceptors (Lipinski definition) is 1. The summed E-state index contributed by atoms with van der Waals surface area (Å²) in [5.74, 6) is 0. The van der Waals surface area contributed by atoms with E-state index in [1.54, 1.807) is 0 Å². The molecule has 1 heteroatoms. The maximum absolute atomic E-state index is 6.47. The Morgan fingerprint density at radius 3 is 2.00 bits per heavy atom. The summed E-state index contributed by atoms with van der Waals surface area (Å²) in [6, 6.07) is 25.4. The van der Waals surface area contributed by atoms with Crippen LogP contribution in [0.4, 0.5) is 5.69 Å². The van der Waals surface area contributed by atoms with Crippen LogP contribution in [0, 0.1) is 6.92 Å². The lowest BCUT2D eigenvalue weighted by Crippen LogP contribution is -1.93. The Hall–Kier alpha value is -2.80. The van der Waals surface area contributed by atoms with Crippen molar-refractivity contribution in [3.8, 4) is 11.1 Å². The van der Waals surface area contributed by atoms with Gasteiger partial charge in [-0.1, -0.05) is 66.7 Å². The standard InChI is InChI=1S/C21H17N/c1-14-17-9-5-6-10-19(17)21(22)20-13-16(11-12-18(14)20)15-7-3-2-4-8-15/h2-13H,22H2,1H3. The zero-order valence-corrected chi connectivity index (χ0v) is 12.5. The maximum atomic E-state index is 6.47. The summed E-state index contributed by atoms with van der Waals surface area (Å²) in [5, 5.41) is 4.74. The van der Waals surface area contributed by atoms with Crippen molar-refractivity contribution in [3.05, 3.63) is 78.4 Å². The second-order valence-electron chi connectivity index (χ2n) is 5.71. The average Bonchev–Trinajstić information content (AvgIpc) is 2.60. The second-order valence-corrected chi connectivity index (χ2v) is 5.71. The van der Waals surface area contributed by atoms with Gasteiger partial charge in [0.2, 0.25) is 0 Å². The highest BCUT2D eigenvalue weighted by Crippen LogP contribution is 2.36. The highest BCUT2D eigenvalue weighted by molar-refractivity contribution is 6.13. The van der Waals surface area contributed by atoms with Crippen LogP contribution >= 0.6 is 0 Å². The molecule has 0 aliphatic carbocycles. The number of hydrogen-bond donors (Lipinski definition) is 1. The van der Waals surface area contributed by atoms with Crippen LogP contribution in [0.25, 0.3) is 32.7 Å². The predicted molar refractivity (Wildman–Crippen MR) is 96.0 cm³/mol. The van der Waals surface area contributed by atoms with E-state index in [9.17, 15) is 0 Å². The number of benzene rings is 4. The molecule has 0 aliphatic rings. The lowest BCUT2D eigenvalue weighted by Gasteiger charge is -2.13. The topological polar surface area (TPSA) is 26.0 Å². The number of anilines is 1. The minimum atomic E-state index is 0.869. The smallest absolute Gasteiger partial charge is 0.0473 e. The van der Waals surface area contributed by atoms with Crippen LogP contribution in [0.15, 0.2) is 72.8 Å². The van der Waals surface area contributed by atoms with Crippen LogP contribution in [0.5, 0.6) is 0 Å². The van der Waals surface area contributed by atoms with Gasteiger partial charge < -0.3 is 5.73 Å². The lowest BCUT2D eigenvalue weighted by atomic mass is 9.93. The fourth-order valence-electron chi connectivity index (χ4n) is 3.24. The molecular weight excluding hydrogens is 266 g/mol. The molecule has 4 aromatic carbocycles. The largest absolute Gasteiger partial charge is 0.398 e. The van der Waals surface area contributed by atoms with Gasteiger partial charge >= 0.3 is 0 Å². The summed E-state index contributed by atoms with van der Waals surface area (Å²) >= 11 is 0. The van der Waals surface area contributed by atoms with E-state index in [-0.39, 0.29) is 0 Å². The van der Waals surface area contributed by atoms with Crippen LogP contribution in [0.1, 0.15) is 5.56 Å². The molecule has 22 heavy (non-hydrogen) atoms. The molecule has 106 valence electrons. The van der Waals surface area contributed by atoms with Crippen molar-refractivity contribution >= 4 is 27.2 Å². The number of nitrogen functional groups attached to an aromatic ring is 1. The van der Waals surface area contributed by atoms with Crippen molar-refractivity contribution < 1.29 is 0 Å². The van der Waals surface area contributed by atoms with E-state index in [0.29, 0.717) is 0 Å². The van der Waals surface area contributed by atoms with E-state index in [1.807, 2.05) is 12.1 Å². The van der Waals surface area contributed by atoms with Crippen molar-refractivity contribution in [3.63, 3.8) is 0 Å². The van der Waals surface area contributed by atoms with Gasteiger partial charge in [-0.3, -0.25) is 0 Å². The average molecular weight is 283 g/mol. The molecule has 0 aliphatic heterocycles. The Kier molecular flexibility index (Phi) is 2.87. The quantitative estimate of drug-likeness (QED) is 0.359. The minimum Gasteiger partial charge on any atom is -0.398 e. The van der Waals surface area contributed by atoms with E-state index in [0.717, 1.165) is 16.5 Å². The SMILES string of the molecule is Cc1c2ccccc2c(N)c2cc(-c3ccccc3)ccc12. The first kappa shape index (κ1) is 12.9. The lowest BCUT2D eigenvalue weighted by molar-refractivity contribution is 1.57. The Morgan fingerprint density at radius 2 is 1.23 bits per heavy atom. The van der Waals surface area contributed by atoms with E-state index in [1.165, 1.54) is 27.5 Å². The highest BCUT2D eigenvalue weighted by Gasteiger charge is 2.10. The molecule has 0 radical (unpaired) electrons. The van der Waals surface area contributed by atoms with Gasteiger partial charge in [-0.2, -0.15) is 0 Å². The Morgan fingerprint density at radius 1 is 0.591 bits per heavy atom. The van der Waals surface area contributed by atoms with Gasteiger partial charge in [0, 0.05) is 16.5 Å². The summed E-state index contributed by atoms with van der Waals surface area (Å²) in [6.07, 6.45) is 0. The van der Waals surface area contributed by atoms with Gasteiger partial charge in [0.05, 0.1) is 0 Å². The van der Waals surface area contributed by atoms with Gasteiger partial charge in [-0.15, -0.1) is 0 Å². The molecule has 0 bridgehead atoms. The first-order valence-corrected chi connectivity index (χ1v) is 7.51. The van der Waals surface area contributed by atoms with Gasteiger partial charge in [-0.25, -0.2) is 0 Å². The fourth-order valence-corrected chi connectivity index (χ4v) is 3.24. The highest BCUT2D eigenvalue weighted by atomic mass is 14.6. The third kappa shape index (κ3) is 1.86. The van der Waals surface area contributed by atoms with E-state index >= 15 is 0 Å². The van der Waals surface area contributed by atoms with Crippen molar-refractivity contribution in [2.45, 2.75) is 6.92 Å². The molecule has 0 atom stereocenters. The van der Waals surface area contributed by atoms with Crippen molar-refractivity contribution in [2.75, 3.05) is 5.73 Å². The molecule has 0 amide bonds. The molecule has 1 nitrogen and oxygen atoms in total. The summed E-state index contributed by atoms with van der Waals surface area (Å²) in [6.45, 7) is 2.17. The maximum Gasteiger partial charge on any atom is 0.0473 e. The fraction of sp³-hybridized carbons (Fsp3) is 0.0476. The minimum absolute atomic E-state index is 0.869. The van der Waals surface area contributed by atoms with Crippen LogP contribution in [-0.2, 0) is 0 Å². The van der Waals surface area contributed by atoms with Crippen molar-refractivity contribution in [2.24, 2.45) is 0 Å².